The summed E-state index contributed by atoms with van der Waals surface area (Å²) in [6.07, 6.45) is 0. The van der Waals surface area contributed by atoms with E-state index in [1.54, 1.807) is 0 Å². The standard InChI is InChI=1S/C3H5ClO3.Na.H/c1-7-3(6)2(4)5;;/h2,5H,1H3;;. The molecule has 0 fully saturated rings. The molecule has 0 saturated carbocycles. The average molecular weight is 149 g/mol. The van der Waals surface area contributed by atoms with Crippen molar-refractivity contribution in [3.8, 4) is 0 Å². The van der Waals surface area contributed by atoms with Gasteiger partial charge in [0.2, 0.25) is 5.56 Å². The minimum absolute atomic E-state index is 0. The van der Waals surface area contributed by atoms with E-state index in [1.807, 2.05) is 0 Å². The zero-order valence-corrected chi connectivity index (χ0v) is 4.47. The van der Waals surface area contributed by atoms with Crippen LogP contribution in [0.25, 0.3) is 0 Å². The molecule has 8 heavy (non-hydrogen) atoms. The van der Waals surface area contributed by atoms with Crippen LogP contribution < -0.4 is 0 Å². The first-order valence-electron chi connectivity index (χ1n) is 1.58. The third kappa shape index (κ3) is 4.87. The molecule has 5 heteroatoms. The van der Waals surface area contributed by atoms with Crippen molar-refractivity contribution in [2.45, 2.75) is 5.56 Å². The predicted octanol–water partition coefficient (Wildman–Crippen LogP) is -0.932. The summed E-state index contributed by atoms with van der Waals surface area (Å²) in [7, 11) is 1.15. The maximum atomic E-state index is 9.91. The summed E-state index contributed by atoms with van der Waals surface area (Å²) in [6.45, 7) is 0. The van der Waals surface area contributed by atoms with Crippen LogP contribution in [0.5, 0.6) is 0 Å². The van der Waals surface area contributed by atoms with Crippen LogP contribution >= 0.6 is 11.6 Å². The molecule has 1 N–H and O–H groups in total. The number of hydrogen-bond donors (Lipinski definition) is 1. The number of halogens is 1. The van der Waals surface area contributed by atoms with Crippen molar-refractivity contribution in [1.29, 1.82) is 0 Å². The van der Waals surface area contributed by atoms with E-state index in [9.17, 15) is 4.79 Å². The molecule has 0 aromatic heterocycles. The zero-order valence-electron chi connectivity index (χ0n) is 3.72. The number of alkyl halides is 1. The van der Waals surface area contributed by atoms with Gasteiger partial charge in [0, 0.05) is 0 Å². The number of hydrogen-bond acceptors (Lipinski definition) is 3. The van der Waals surface area contributed by atoms with Gasteiger partial charge < -0.3 is 9.84 Å². The molecule has 0 amide bonds. The Morgan fingerprint density at radius 1 is 1.88 bits per heavy atom. The SMILES string of the molecule is COC(=O)C(O)Cl.[NaH]. The van der Waals surface area contributed by atoms with E-state index in [-0.39, 0.29) is 29.6 Å². The third-order valence-electron chi connectivity index (χ3n) is 0.396. The topological polar surface area (TPSA) is 46.5 Å². The van der Waals surface area contributed by atoms with E-state index >= 15 is 0 Å². The Hall–Kier alpha value is 0.720. The zero-order chi connectivity index (χ0) is 5.86. The van der Waals surface area contributed by atoms with Crippen LogP contribution in [0.3, 0.4) is 0 Å². The van der Waals surface area contributed by atoms with Crippen LogP contribution in [0, 0.1) is 0 Å². The first-order chi connectivity index (χ1) is 3.18. The van der Waals surface area contributed by atoms with Gasteiger partial charge in [0.25, 0.3) is 0 Å². The fraction of sp³-hybridized carbons (Fsp3) is 0.667. The number of esters is 1. The molecule has 1 atom stereocenters. The molecule has 1 unspecified atom stereocenters. The van der Waals surface area contributed by atoms with E-state index in [4.69, 9.17) is 16.7 Å². The molecule has 44 valence electrons. The number of methoxy groups -OCH3 is 1. The van der Waals surface area contributed by atoms with Gasteiger partial charge in [-0.15, -0.1) is 0 Å². The van der Waals surface area contributed by atoms with Gasteiger partial charge in [0.05, 0.1) is 7.11 Å². The molecule has 0 rings (SSSR count). The third-order valence-corrected chi connectivity index (χ3v) is 0.574. The second-order valence-corrected chi connectivity index (χ2v) is 1.27. The summed E-state index contributed by atoms with van der Waals surface area (Å²) in [6, 6.07) is 0. The summed E-state index contributed by atoms with van der Waals surface area (Å²) in [4.78, 5) is 9.91. The average Bonchev–Trinajstić information content (AvgIpc) is 1.65. The fourth-order valence-corrected chi connectivity index (χ4v) is 0.186. The van der Waals surface area contributed by atoms with Crippen molar-refractivity contribution < 1.29 is 14.6 Å². The van der Waals surface area contributed by atoms with E-state index < -0.39 is 11.5 Å². The molecule has 0 aliphatic heterocycles. The molecular weight excluding hydrogens is 142 g/mol. The van der Waals surface area contributed by atoms with Crippen molar-refractivity contribution in [1.82, 2.24) is 0 Å². The first-order valence-corrected chi connectivity index (χ1v) is 2.02. The molecule has 0 aliphatic carbocycles. The van der Waals surface area contributed by atoms with Gasteiger partial charge in [0.1, 0.15) is 0 Å². The Bertz CT molecular complexity index is 74.9. The molecule has 0 heterocycles. The number of aliphatic hydroxyl groups is 1. The second-order valence-electron chi connectivity index (χ2n) is 0.859. The molecule has 0 bridgehead atoms. The van der Waals surface area contributed by atoms with Gasteiger partial charge in [-0.25, -0.2) is 4.79 Å². The summed E-state index contributed by atoms with van der Waals surface area (Å²) in [5.41, 5.74) is -1.52. The maximum absolute atomic E-state index is 9.91. The number of carbonyl (C=O) groups excluding carboxylic acids is 1. The molecule has 0 saturated heterocycles. The van der Waals surface area contributed by atoms with E-state index in [0.717, 1.165) is 7.11 Å². The first kappa shape index (κ1) is 11.5. The number of rotatable bonds is 1. The molecule has 0 aromatic carbocycles. The van der Waals surface area contributed by atoms with Crippen LogP contribution in [0.15, 0.2) is 0 Å². The van der Waals surface area contributed by atoms with Crippen LogP contribution in [0.4, 0.5) is 0 Å². The van der Waals surface area contributed by atoms with Crippen LogP contribution in [0.1, 0.15) is 0 Å². The van der Waals surface area contributed by atoms with Gasteiger partial charge in [0.15, 0.2) is 0 Å². The van der Waals surface area contributed by atoms with E-state index in [1.165, 1.54) is 0 Å². The van der Waals surface area contributed by atoms with Crippen molar-refractivity contribution in [3.05, 3.63) is 0 Å². The quantitative estimate of drug-likeness (QED) is 0.297. The van der Waals surface area contributed by atoms with Crippen LogP contribution in [-0.4, -0.2) is 53.3 Å². The van der Waals surface area contributed by atoms with Gasteiger partial charge >= 0.3 is 35.5 Å². The monoisotopic (exact) mass is 148 g/mol. The van der Waals surface area contributed by atoms with Gasteiger partial charge in [-0.3, -0.25) is 0 Å². The Labute approximate surface area is 74.3 Å². The molecular formula is C3H6ClNaO3. The minimum atomic E-state index is -1.52. The molecule has 0 aromatic rings. The van der Waals surface area contributed by atoms with Gasteiger partial charge in [-0.1, -0.05) is 11.6 Å². The van der Waals surface area contributed by atoms with Crippen LogP contribution in [0.2, 0.25) is 0 Å². The van der Waals surface area contributed by atoms with E-state index in [0.29, 0.717) is 0 Å². The molecule has 3 nitrogen and oxygen atoms in total. The molecule has 0 spiro atoms. The predicted molar refractivity (Wildman–Crippen MR) is 31.0 cm³/mol. The van der Waals surface area contributed by atoms with Crippen molar-refractivity contribution in [2.75, 3.05) is 7.11 Å². The van der Waals surface area contributed by atoms with Crippen molar-refractivity contribution >= 4 is 47.1 Å². The second kappa shape index (κ2) is 5.85. The summed E-state index contributed by atoms with van der Waals surface area (Å²) < 4.78 is 3.99. The van der Waals surface area contributed by atoms with Gasteiger partial charge in [-0.05, 0) is 0 Å². The van der Waals surface area contributed by atoms with Gasteiger partial charge in [-0.2, -0.15) is 0 Å². The summed E-state index contributed by atoms with van der Waals surface area (Å²) in [5, 5.41) is 8.11. The Kier molecular flexibility index (Phi) is 8.41. The fourth-order valence-electron chi connectivity index (χ4n) is 0.0972. The number of aliphatic hydroxyl groups excluding tert-OH is 1. The van der Waals surface area contributed by atoms with Crippen molar-refractivity contribution in [2.24, 2.45) is 0 Å². The Balaban J connectivity index is 0. The Morgan fingerprint density at radius 2 is 2.25 bits per heavy atom. The Morgan fingerprint density at radius 3 is 2.25 bits per heavy atom. The summed E-state index contributed by atoms with van der Waals surface area (Å²) >= 11 is 4.81. The van der Waals surface area contributed by atoms with Crippen molar-refractivity contribution in [3.63, 3.8) is 0 Å². The number of carbonyl (C=O) groups is 1. The normalized spacial score (nSPS) is 11.4. The molecule has 0 aliphatic rings. The summed E-state index contributed by atoms with van der Waals surface area (Å²) in [5.74, 6) is -0.832. The molecule has 0 radical (unpaired) electrons. The van der Waals surface area contributed by atoms with Crippen LogP contribution in [-0.2, 0) is 9.53 Å². The van der Waals surface area contributed by atoms with E-state index in [2.05, 4.69) is 4.74 Å². The number of ether oxygens (including phenoxy) is 1.